The molecule has 5 heterocycles. The molecular formula is C51H33N3OS. The van der Waals surface area contributed by atoms with Crippen LogP contribution in [0.5, 0.6) is 11.5 Å². The zero-order valence-electron chi connectivity index (χ0n) is 30.7. The van der Waals surface area contributed by atoms with E-state index in [1.54, 1.807) is 0 Å². The van der Waals surface area contributed by atoms with Crippen molar-refractivity contribution in [3.63, 3.8) is 0 Å². The molecule has 3 aromatic heterocycles. The van der Waals surface area contributed by atoms with Gasteiger partial charge in [0.05, 0.1) is 54.9 Å². The van der Waals surface area contributed by atoms with Crippen molar-refractivity contribution in [3.8, 4) is 28.6 Å². The van der Waals surface area contributed by atoms with E-state index in [0.29, 0.717) is 0 Å². The van der Waals surface area contributed by atoms with Gasteiger partial charge in [0.2, 0.25) is 0 Å². The molecule has 4 nitrogen and oxygen atoms in total. The number of nitrogens with zero attached hydrogens (tertiary/aromatic N) is 3. The van der Waals surface area contributed by atoms with E-state index in [9.17, 15) is 0 Å². The van der Waals surface area contributed by atoms with E-state index in [1.165, 1.54) is 75.4 Å². The Bertz CT molecular complexity index is 3610. The molecule has 11 aromatic rings. The van der Waals surface area contributed by atoms with E-state index in [1.807, 2.05) is 11.3 Å². The summed E-state index contributed by atoms with van der Waals surface area (Å²) in [7, 11) is 0. The summed E-state index contributed by atoms with van der Waals surface area (Å²) in [6, 6.07) is 60.3. The van der Waals surface area contributed by atoms with Crippen LogP contribution in [-0.2, 0) is 5.41 Å². The zero-order chi connectivity index (χ0) is 36.9. The fourth-order valence-corrected chi connectivity index (χ4v) is 11.2. The topological polar surface area (TPSA) is 24.0 Å². The van der Waals surface area contributed by atoms with Crippen molar-refractivity contribution in [2.24, 2.45) is 0 Å². The lowest BCUT2D eigenvalue weighted by atomic mass is 9.74. The Morgan fingerprint density at radius 1 is 0.411 bits per heavy atom. The number of ether oxygens (including phenoxy) is 1. The summed E-state index contributed by atoms with van der Waals surface area (Å²) in [6.07, 6.45) is 0. The minimum Gasteiger partial charge on any atom is -0.453 e. The van der Waals surface area contributed by atoms with Crippen molar-refractivity contribution in [2.45, 2.75) is 19.3 Å². The van der Waals surface area contributed by atoms with Gasteiger partial charge in [-0.1, -0.05) is 123 Å². The summed E-state index contributed by atoms with van der Waals surface area (Å²) in [5.41, 5.74) is 12.7. The van der Waals surface area contributed by atoms with Crippen LogP contribution < -0.4 is 4.74 Å². The SMILES string of the molecule is CC1(C)c2ccccc2-n2c3cc4c(cc3n3c5c(cccc5c5cccc1c52)Oc1ccccc1-3)c1ccccc1n4-c1cccc2c1sc1ccccc12. The third-order valence-corrected chi connectivity index (χ3v) is 13.7. The highest BCUT2D eigenvalue weighted by atomic mass is 32.1. The Morgan fingerprint density at radius 3 is 1.93 bits per heavy atom. The molecule has 0 saturated carbocycles. The van der Waals surface area contributed by atoms with Crippen LogP contribution in [0, 0.1) is 0 Å². The molecule has 2 aliphatic rings. The largest absolute Gasteiger partial charge is 0.453 e. The van der Waals surface area contributed by atoms with Gasteiger partial charge in [-0.05, 0) is 65.7 Å². The van der Waals surface area contributed by atoms with Crippen molar-refractivity contribution < 1.29 is 4.74 Å². The maximum absolute atomic E-state index is 6.77. The molecule has 0 N–H and O–H groups in total. The van der Waals surface area contributed by atoms with Gasteiger partial charge in [-0.3, -0.25) is 0 Å². The second-order valence-corrected chi connectivity index (χ2v) is 16.8. The third-order valence-electron chi connectivity index (χ3n) is 12.5. The van der Waals surface area contributed by atoms with Crippen molar-refractivity contribution in [1.82, 2.24) is 13.7 Å². The first-order valence-corrected chi connectivity index (χ1v) is 20.1. The van der Waals surface area contributed by atoms with Crippen LogP contribution in [-0.4, -0.2) is 13.7 Å². The summed E-state index contributed by atoms with van der Waals surface area (Å²) in [5.74, 6) is 1.70. The van der Waals surface area contributed by atoms with Crippen molar-refractivity contribution in [1.29, 1.82) is 0 Å². The van der Waals surface area contributed by atoms with Gasteiger partial charge in [-0.25, -0.2) is 0 Å². The van der Waals surface area contributed by atoms with E-state index in [2.05, 4.69) is 191 Å². The Kier molecular flexibility index (Phi) is 5.82. The normalized spacial score (nSPS) is 13.8. The molecule has 264 valence electrons. The van der Waals surface area contributed by atoms with Crippen LogP contribution in [0.2, 0.25) is 0 Å². The molecule has 0 atom stereocenters. The number of hydrogen-bond acceptors (Lipinski definition) is 2. The third kappa shape index (κ3) is 3.78. The molecule has 0 aliphatic carbocycles. The molecule has 0 bridgehead atoms. The maximum Gasteiger partial charge on any atom is 0.152 e. The summed E-state index contributed by atoms with van der Waals surface area (Å²) in [5, 5.41) is 7.37. The van der Waals surface area contributed by atoms with E-state index in [4.69, 9.17) is 4.74 Å². The molecule has 0 unspecified atom stereocenters. The molecular weight excluding hydrogens is 703 g/mol. The highest BCUT2D eigenvalue weighted by molar-refractivity contribution is 7.26. The molecule has 0 radical (unpaired) electrons. The molecule has 0 spiro atoms. The number of aromatic nitrogens is 3. The number of fused-ring (bicyclic) bond motifs is 14. The van der Waals surface area contributed by atoms with Gasteiger partial charge < -0.3 is 18.4 Å². The molecule has 0 amide bonds. The van der Waals surface area contributed by atoms with Gasteiger partial charge in [0.1, 0.15) is 0 Å². The van der Waals surface area contributed by atoms with E-state index < -0.39 is 0 Å². The highest BCUT2D eigenvalue weighted by Gasteiger charge is 2.35. The van der Waals surface area contributed by atoms with Gasteiger partial charge >= 0.3 is 0 Å². The minimum atomic E-state index is -0.231. The van der Waals surface area contributed by atoms with Crippen molar-refractivity contribution in [2.75, 3.05) is 0 Å². The van der Waals surface area contributed by atoms with Gasteiger partial charge in [0.25, 0.3) is 0 Å². The number of rotatable bonds is 1. The lowest BCUT2D eigenvalue weighted by Gasteiger charge is -2.36. The Hall–Kier alpha value is -6.82. The summed E-state index contributed by atoms with van der Waals surface area (Å²) in [4.78, 5) is 0. The Morgan fingerprint density at radius 2 is 1.02 bits per heavy atom. The quantitative estimate of drug-likeness (QED) is 0.165. The number of benzene rings is 8. The van der Waals surface area contributed by atoms with Crippen molar-refractivity contribution in [3.05, 3.63) is 175 Å². The minimum absolute atomic E-state index is 0.231. The smallest absolute Gasteiger partial charge is 0.152 e. The maximum atomic E-state index is 6.77. The average molecular weight is 736 g/mol. The standard InChI is InChI=1S/C51H33N3OS/c1-51(2)36-19-5-7-22-39(36)53-44-29-42-35(30-14-3-6-21-38(30)52(42)41-24-12-18-34-31-15-4-10-27-47(31)56-50(34)41)28-43(44)54-40-23-8-9-25-45(40)55-46-26-13-17-33(49(46)54)32-16-11-20-37(51)48(32)53/h3-29H,1-2H3. The second-order valence-electron chi connectivity index (χ2n) is 15.7. The second kappa shape index (κ2) is 10.7. The van der Waals surface area contributed by atoms with E-state index >= 15 is 0 Å². The molecule has 2 aliphatic heterocycles. The monoisotopic (exact) mass is 735 g/mol. The van der Waals surface area contributed by atoms with Crippen LogP contribution in [0.3, 0.4) is 0 Å². The molecule has 8 aromatic carbocycles. The van der Waals surface area contributed by atoms with Crippen LogP contribution >= 0.6 is 11.3 Å². The lowest BCUT2D eigenvalue weighted by molar-refractivity contribution is 0.476. The van der Waals surface area contributed by atoms with Gasteiger partial charge in [0, 0.05) is 42.4 Å². The first kappa shape index (κ1) is 30.5. The first-order valence-electron chi connectivity index (χ1n) is 19.3. The predicted octanol–water partition coefficient (Wildman–Crippen LogP) is 14.1. The summed E-state index contributed by atoms with van der Waals surface area (Å²) in [6.45, 7) is 4.74. The molecule has 0 saturated heterocycles. The first-order chi connectivity index (χ1) is 27.6. The van der Waals surface area contributed by atoms with Gasteiger partial charge in [0.15, 0.2) is 11.5 Å². The average Bonchev–Trinajstić information content (AvgIpc) is 3.77. The number of thiophene rings is 1. The van der Waals surface area contributed by atoms with Gasteiger partial charge in [-0.15, -0.1) is 11.3 Å². The number of para-hydroxylation sites is 6. The van der Waals surface area contributed by atoms with E-state index in [-0.39, 0.29) is 5.41 Å². The molecule has 0 fully saturated rings. The van der Waals surface area contributed by atoms with Gasteiger partial charge in [-0.2, -0.15) is 0 Å². The molecule has 56 heavy (non-hydrogen) atoms. The number of hydrogen-bond donors (Lipinski definition) is 0. The lowest BCUT2D eigenvalue weighted by Crippen LogP contribution is -2.27. The fraction of sp³-hybridized carbons (Fsp3) is 0.0588. The molecule has 5 heteroatoms. The Balaban J connectivity index is 1.34. The van der Waals surface area contributed by atoms with Crippen LogP contribution in [0.4, 0.5) is 0 Å². The van der Waals surface area contributed by atoms with Crippen LogP contribution in [0.15, 0.2) is 164 Å². The van der Waals surface area contributed by atoms with Crippen LogP contribution in [0.1, 0.15) is 25.0 Å². The summed E-state index contributed by atoms with van der Waals surface area (Å²) >= 11 is 1.88. The highest BCUT2D eigenvalue weighted by Crippen LogP contribution is 2.50. The molecule has 13 rings (SSSR count). The van der Waals surface area contributed by atoms with Crippen molar-refractivity contribution >= 4 is 86.2 Å². The summed E-state index contributed by atoms with van der Waals surface area (Å²) < 4.78 is 16.9. The fourth-order valence-electron chi connectivity index (χ4n) is 10.0. The zero-order valence-corrected chi connectivity index (χ0v) is 31.6. The van der Waals surface area contributed by atoms with Crippen LogP contribution in [0.25, 0.3) is 91.9 Å². The Labute approximate surface area is 326 Å². The van der Waals surface area contributed by atoms with E-state index in [0.717, 1.165) is 39.1 Å². The predicted molar refractivity (Wildman–Crippen MR) is 235 cm³/mol.